The van der Waals surface area contributed by atoms with Crippen molar-refractivity contribution in [3.63, 3.8) is 0 Å². The largest absolute Gasteiger partial charge is 0.493 e. The fourth-order valence-electron chi connectivity index (χ4n) is 2.97. The number of nitrogens with zero attached hydrogens (tertiary/aromatic N) is 3. The highest BCUT2D eigenvalue weighted by molar-refractivity contribution is 7.99. The first kappa shape index (κ1) is 22.3. The molecule has 0 bridgehead atoms. The van der Waals surface area contributed by atoms with Crippen LogP contribution >= 0.6 is 11.8 Å². The van der Waals surface area contributed by atoms with E-state index in [1.165, 1.54) is 37.8 Å². The number of hydrogen-bond acceptors (Lipinski definition) is 8. The third kappa shape index (κ3) is 4.85. The summed E-state index contributed by atoms with van der Waals surface area (Å²) in [7, 11) is 4.59. The molecule has 1 amide bonds. The number of carbonyl (C=O) groups is 1. The van der Waals surface area contributed by atoms with Gasteiger partial charge in [0, 0.05) is 11.3 Å². The van der Waals surface area contributed by atoms with Gasteiger partial charge in [-0.2, -0.15) is 0 Å². The highest BCUT2D eigenvalue weighted by Crippen LogP contribution is 2.40. The topological polar surface area (TPSA) is 114 Å². The van der Waals surface area contributed by atoms with E-state index in [0.29, 0.717) is 33.8 Å². The molecule has 3 rings (SSSR count). The van der Waals surface area contributed by atoms with Gasteiger partial charge in [-0.3, -0.25) is 4.79 Å². The summed E-state index contributed by atoms with van der Waals surface area (Å²) in [6, 6.07) is 9.37. The molecule has 0 atom stereocenters. The van der Waals surface area contributed by atoms with Crippen LogP contribution < -0.4 is 25.4 Å². The summed E-state index contributed by atoms with van der Waals surface area (Å²) in [6.07, 6.45) is 0. The summed E-state index contributed by atoms with van der Waals surface area (Å²) in [4.78, 5) is 12.4. The second-order valence-electron chi connectivity index (χ2n) is 6.75. The zero-order valence-corrected chi connectivity index (χ0v) is 18.9. The predicted octanol–water partition coefficient (Wildman–Crippen LogP) is 3.03. The lowest BCUT2D eigenvalue weighted by atomic mass is 10.1. The molecule has 3 N–H and O–H groups in total. The quantitative estimate of drug-likeness (QED) is 0.403. The van der Waals surface area contributed by atoms with Crippen molar-refractivity contribution in [2.75, 3.05) is 38.2 Å². The number of carbonyl (C=O) groups excluding carboxylic acids is 1. The molecule has 3 aromatic rings. The summed E-state index contributed by atoms with van der Waals surface area (Å²) >= 11 is 1.19. The van der Waals surface area contributed by atoms with Gasteiger partial charge in [-0.25, -0.2) is 4.68 Å². The maximum atomic E-state index is 12.4. The number of rotatable bonds is 8. The number of ether oxygens (including phenoxy) is 3. The lowest BCUT2D eigenvalue weighted by Gasteiger charge is -2.13. The highest BCUT2D eigenvalue weighted by Gasteiger charge is 2.19. The number of benzene rings is 2. The highest BCUT2D eigenvalue weighted by atomic mass is 32.2. The van der Waals surface area contributed by atoms with Gasteiger partial charge in [0.1, 0.15) is 0 Å². The van der Waals surface area contributed by atoms with Crippen LogP contribution in [0.5, 0.6) is 17.2 Å². The molecular formula is C21H25N5O4S. The third-order valence-electron chi connectivity index (χ3n) is 4.59. The van der Waals surface area contributed by atoms with Crippen molar-refractivity contribution in [1.29, 1.82) is 0 Å². The van der Waals surface area contributed by atoms with E-state index in [2.05, 4.69) is 15.5 Å². The van der Waals surface area contributed by atoms with E-state index >= 15 is 0 Å². The Bertz CT molecular complexity index is 1070. The molecular weight excluding hydrogens is 418 g/mol. The fraction of sp³-hybridized carbons (Fsp3) is 0.286. The molecule has 0 radical (unpaired) electrons. The minimum absolute atomic E-state index is 0.137. The van der Waals surface area contributed by atoms with E-state index in [-0.39, 0.29) is 11.7 Å². The van der Waals surface area contributed by atoms with Crippen molar-refractivity contribution in [3.8, 4) is 28.6 Å². The molecule has 0 saturated carbocycles. The fourth-order valence-corrected chi connectivity index (χ4v) is 3.63. The van der Waals surface area contributed by atoms with Crippen molar-refractivity contribution >= 4 is 23.4 Å². The van der Waals surface area contributed by atoms with Crippen LogP contribution in [0.1, 0.15) is 11.1 Å². The van der Waals surface area contributed by atoms with E-state index in [9.17, 15) is 4.79 Å². The van der Waals surface area contributed by atoms with Gasteiger partial charge < -0.3 is 25.4 Å². The lowest BCUT2D eigenvalue weighted by Crippen LogP contribution is -2.17. The molecule has 0 aliphatic carbocycles. The third-order valence-corrected chi connectivity index (χ3v) is 5.53. The van der Waals surface area contributed by atoms with E-state index in [1.807, 2.05) is 32.0 Å². The molecule has 1 heterocycles. The van der Waals surface area contributed by atoms with Gasteiger partial charge in [-0.15, -0.1) is 10.2 Å². The van der Waals surface area contributed by atoms with Gasteiger partial charge in [0.15, 0.2) is 17.3 Å². The monoisotopic (exact) mass is 443 g/mol. The minimum atomic E-state index is -0.156. The number of hydrogen-bond donors (Lipinski definition) is 2. The molecule has 0 unspecified atom stereocenters. The smallest absolute Gasteiger partial charge is 0.234 e. The Morgan fingerprint density at radius 1 is 1.06 bits per heavy atom. The van der Waals surface area contributed by atoms with Crippen LogP contribution in [0.25, 0.3) is 11.4 Å². The molecule has 1 aromatic heterocycles. The van der Waals surface area contributed by atoms with Crippen LogP contribution in [0.4, 0.5) is 5.69 Å². The maximum absolute atomic E-state index is 12.4. The van der Waals surface area contributed by atoms with Crippen molar-refractivity contribution in [1.82, 2.24) is 14.9 Å². The second kappa shape index (κ2) is 9.61. The molecule has 0 spiro atoms. The number of aryl methyl sites for hydroxylation is 2. The number of nitrogens with two attached hydrogens (primary N) is 1. The Morgan fingerprint density at radius 2 is 1.74 bits per heavy atom. The zero-order chi connectivity index (χ0) is 22.5. The number of methoxy groups -OCH3 is 3. The van der Waals surface area contributed by atoms with Gasteiger partial charge >= 0.3 is 0 Å². The van der Waals surface area contributed by atoms with Gasteiger partial charge in [-0.05, 0) is 43.2 Å². The first-order chi connectivity index (χ1) is 14.9. The van der Waals surface area contributed by atoms with Crippen LogP contribution in [0.3, 0.4) is 0 Å². The molecule has 0 aliphatic heterocycles. The van der Waals surface area contributed by atoms with Crippen molar-refractivity contribution in [2.45, 2.75) is 19.0 Å². The van der Waals surface area contributed by atoms with Crippen LogP contribution in [0.2, 0.25) is 0 Å². The van der Waals surface area contributed by atoms with Crippen LogP contribution in [-0.2, 0) is 4.79 Å². The van der Waals surface area contributed by atoms with Gasteiger partial charge in [0.25, 0.3) is 0 Å². The van der Waals surface area contributed by atoms with Crippen molar-refractivity contribution < 1.29 is 19.0 Å². The lowest BCUT2D eigenvalue weighted by molar-refractivity contribution is -0.113. The Labute approximate surface area is 184 Å². The van der Waals surface area contributed by atoms with Crippen LogP contribution in [0, 0.1) is 13.8 Å². The Hall–Kier alpha value is -3.40. The van der Waals surface area contributed by atoms with Gasteiger partial charge in [-0.1, -0.05) is 23.9 Å². The minimum Gasteiger partial charge on any atom is -0.493 e. The summed E-state index contributed by atoms with van der Waals surface area (Å²) in [5.41, 5.74) is 3.50. The Balaban J connectivity index is 1.76. The average Bonchev–Trinajstić information content (AvgIpc) is 3.13. The molecule has 0 aliphatic rings. The summed E-state index contributed by atoms with van der Waals surface area (Å²) in [5, 5.41) is 11.6. The summed E-state index contributed by atoms with van der Waals surface area (Å²) in [5.74, 6) is 7.99. The molecule has 9 nitrogen and oxygen atoms in total. The van der Waals surface area contributed by atoms with Crippen molar-refractivity contribution in [2.24, 2.45) is 0 Å². The molecule has 164 valence electrons. The van der Waals surface area contributed by atoms with E-state index in [4.69, 9.17) is 20.1 Å². The normalized spacial score (nSPS) is 10.6. The number of nitrogens with one attached hydrogen (secondary N) is 1. The van der Waals surface area contributed by atoms with Gasteiger partial charge in [0.2, 0.25) is 16.8 Å². The predicted molar refractivity (Wildman–Crippen MR) is 121 cm³/mol. The van der Waals surface area contributed by atoms with Crippen LogP contribution in [0.15, 0.2) is 35.5 Å². The average molecular weight is 444 g/mol. The molecule has 31 heavy (non-hydrogen) atoms. The van der Waals surface area contributed by atoms with E-state index < -0.39 is 0 Å². The molecule has 0 fully saturated rings. The molecule has 0 saturated heterocycles. The van der Waals surface area contributed by atoms with Crippen molar-refractivity contribution in [3.05, 3.63) is 41.5 Å². The zero-order valence-electron chi connectivity index (χ0n) is 18.1. The second-order valence-corrected chi connectivity index (χ2v) is 7.69. The summed E-state index contributed by atoms with van der Waals surface area (Å²) in [6.45, 7) is 3.92. The summed E-state index contributed by atoms with van der Waals surface area (Å²) < 4.78 is 17.4. The maximum Gasteiger partial charge on any atom is 0.234 e. The SMILES string of the molecule is COc1cc(-c2nnc(SCC(=O)Nc3cc(C)ccc3C)n2N)cc(OC)c1OC. The first-order valence-electron chi connectivity index (χ1n) is 9.38. The number of amides is 1. The first-order valence-corrected chi connectivity index (χ1v) is 10.4. The van der Waals surface area contributed by atoms with E-state index in [1.54, 1.807) is 12.1 Å². The number of thioether (sulfide) groups is 1. The number of anilines is 1. The van der Waals surface area contributed by atoms with Crippen LogP contribution in [-0.4, -0.2) is 47.9 Å². The Morgan fingerprint density at radius 3 is 2.35 bits per heavy atom. The number of nitrogen functional groups attached to an aromatic ring is 1. The Kier molecular flexibility index (Phi) is 6.91. The van der Waals surface area contributed by atoms with E-state index in [0.717, 1.165) is 16.8 Å². The molecule has 10 heteroatoms. The molecule has 2 aromatic carbocycles. The number of aromatic nitrogens is 3. The van der Waals surface area contributed by atoms with Gasteiger partial charge in [0.05, 0.1) is 27.1 Å². The standard InChI is InChI=1S/C21H25N5O4S/c1-12-6-7-13(2)15(8-12)23-18(27)11-31-21-25-24-20(26(21)22)14-9-16(28-3)19(30-5)17(10-14)29-4/h6-10H,11,22H2,1-5H3,(H,23,27).